The Kier molecular flexibility index (Phi) is 3.87. The lowest BCUT2D eigenvalue weighted by molar-refractivity contribution is -0.143. The molecule has 0 aliphatic carbocycles. The molecule has 1 atom stereocenters. The maximum Gasteiger partial charge on any atom is 0.325 e. The summed E-state index contributed by atoms with van der Waals surface area (Å²) in [6.07, 6.45) is 0. The van der Waals surface area contributed by atoms with E-state index in [9.17, 15) is 9.90 Å². The molecule has 0 radical (unpaired) electrons. The summed E-state index contributed by atoms with van der Waals surface area (Å²) in [6, 6.07) is 6.80. The summed E-state index contributed by atoms with van der Waals surface area (Å²) < 4.78 is 5.64. The summed E-state index contributed by atoms with van der Waals surface area (Å²) in [5, 5.41) is 9.50. The molecule has 0 unspecified atom stereocenters. The van der Waals surface area contributed by atoms with Crippen molar-refractivity contribution in [1.29, 1.82) is 0 Å². The maximum absolute atomic E-state index is 11.6. The Labute approximate surface area is 107 Å². The number of carboxylic acid groups (broad SMARTS) is 1. The molecule has 0 saturated carbocycles. The molecule has 98 valence electrons. The van der Waals surface area contributed by atoms with Gasteiger partial charge in [0.25, 0.3) is 0 Å². The largest absolute Gasteiger partial charge is 0.492 e. The molecule has 18 heavy (non-hydrogen) atoms. The molecule has 1 aliphatic rings. The van der Waals surface area contributed by atoms with Gasteiger partial charge in [-0.05, 0) is 12.0 Å². The summed E-state index contributed by atoms with van der Waals surface area (Å²) >= 11 is 0. The smallest absolute Gasteiger partial charge is 0.325 e. The normalized spacial score (nSPS) is 20.1. The molecule has 1 aliphatic heterocycles. The number of rotatable bonds is 3. The minimum absolute atomic E-state index is 0.428. The molecular formula is C14H19NO3. The van der Waals surface area contributed by atoms with Crippen molar-refractivity contribution in [3.05, 3.63) is 29.8 Å². The molecule has 4 heteroatoms. The number of carboxylic acids is 1. The van der Waals surface area contributed by atoms with Gasteiger partial charge < -0.3 is 9.84 Å². The van der Waals surface area contributed by atoms with Gasteiger partial charge in [0.15, 0.2) is 0 Å². The van der Waals surface area contributed by atoms with Crippen LogP contribution in [-0.2, 0) is 4.79 Å². The lowest BCUT2D eigenvalue weighted by Gasteiger charge is -2.28. The van der Waals surface area contributed by atoms with E-state index in [0.717, 1.165) is 12.1 Å². The van der Waals surface area contributed by atoms with Gasteiger partial charge in [-0.1, -0.05) is 32.0 Å². The molecule has 1 aromatic carbocycles. The van der Waals surface area contributed by atoms with Gasteiger partial charge in [0.05, 0.1) is 0 Å². The summed E-state index contributed by atoms with van der Waals surface area (Å²) in [5.41, 5.74) is 0.753. The Morgan fingerprint density at radius 3 is 2.89 bits per heavy atom. The van der Waals surface area contributed by atoms with Crippen LogP contribution in [0, 0.1) is 5.92 Å². The standard InChI is InChI=1S/C14H19NO3/c1-10(2)9-15-7-8-18-12-6-4-3-5-11(12)13(15)14(16)17/h3-6,10,13H,7-9H2,1-2H3,(H,16,17)/t13-/m1/s1. The van der Waals surface area contributed by atoms with Gasteiger partial charge in [-0.3, -0.25) is 9.69 Å². The van der Waals surface area contributed by atoms with Crippen LogP contribution in [0.3, 0.4) is 0 Å². The second-order valence-electron chi connectivity index (χ2n) is 5.02. The van der Waals surface area contributed by atoms with E-state index in [1.54, 1.807) is 0 Å². The number of benzene rings is 1. The number of carbonyl (C=O) groups is 1. The number of para-hydroxylation sites is 1. The first-order chi connectivity index (χ1) is 8.59. The highest BCUT2D eigenvalue weighted by Gasteiger charge is 2.32. The summed E-state index contributed by atoms with van der Waals surface area (Å²) in [5.74, 6) is 0.307. The van der Waals surface area contributed by atoms with Crippen LogP contribution in [-0.4, -0.2) is 35.7 Å². The van der Waals surface area contributed by atoms with Crippen LogP contribution in [0.15, 0.2) is 24.3 Å². The maximum atomic E-state index is 11.6. The molecule has 0 fully saturated rings. The Morgan fingerprint density at radius 1 is 1.50 bits per heavy atom. The first-order valence-corrected chi connectivity index (χ1v) is 6.28. The minimum atomic E-state index is -0.811. The number of ether oxygens (including phenoxy) is 1. The van der Waals surface area contributed by atoms with Gasteiger partial charge in [-0.2, -0.15) is 0 Å². The quantitative estimate of drug-likeness (QED) is 0.892. The first kappa shape index (κ1) is 12.9. The third kappa shape index (κ3) is 2.64. The van der Waals surface area contributed by atoms with Gasteiger partial charge in [0.1, 0.15) is 18.4 Å². The van der Waals surface area contributed by atoms with Gasteiger partial charge in [0.2, 0.25) is 0 Å². The monoisotopic (exact) mass is 249 g/mol. The highest BCUT2D eigenvalue weighted by molar-refractivity contribution is 5.76. The molecule has 1 aromatic rings. The lowest BCUT2D eigenvalue weighted by atomic mass is 10.0. The molecule has 1 heterocycles. The fraction of sp³-hybridized carbons (Fsp3) is 0.500. The van der Waals surface area contributed by atoms with Crippen molar-refractivity contribution in [1.82, 2.24) is 4.90 Å². The Bertz CT molecular complexity index is 431. The van der Waals surface area contributed by atoms with E-state index < -0.39 is 12.0 Å². The Balaban J connectivity index is 2.37. The molecular weight excluding hydrogens is 230 g/mol. The Hall–Kier alpha value is -1.55. The van der Waals surface area contributed by atoms with Crippen molar-refractivity contribution in [3.63, 3.8) is 0 Å². The Morgan fingerprint density at radius 2 is 2.22 bits per heavy atom. The first-order valence-electron chi connectivity index (χ1n) is 6.28. The highest BCUT2D eigenvalue weighted by Crippen LogP contribution is 2.32. The van der Waals surface area contributed by atoms with Crippen molar-refractivity contribution in [3.8, 4) is 5.75 Å². The molecule has 2 rings (SSSR count). The SMILES string of the molecule is CC(C)CN1CCOc2ccccc2[C@@H]1C(=O)O. The summed E-state index contributed by atoms with van der Waals surface area (Å²) in [4.78, 5) is 13.5. The number of hydrogen-bond donors (Lipinski definition) is 1. The zero-order valence-electron chi connectivity index (χ0n) is 10.8. The average molecular weight is 249 g/mol. The third-order valence-corrected chi connectivity index (χ3v) is 3.05. The number of aliphatic carboxylic acids is 1. The van der Waals surface area contributed by atoms with Crippen molar-refractivity contribution < 1.29 is 14.6 Å². The summed E-state index contributed by atoms with van der Waals surface area (Å²) in [7, 11) is 0. The van der Waals surface area contributed by atoms with Crippen LogP contribution in [0.2, 0.25) is 0 Å². The molecule has 0 spiro atoms. The second kappa shape index (κ2) is 5.40. The predicted octanol–water partition coefficient (Wildman–Crippen LogP) is 2.16. The molecule has 0 saturated heterocycles. The van der Waals surface area contributed by atoms with Gasteiger partial charge in [-0.15, -0.1) is 0 Å². The summed E-state index contributed by atoms with van der Waals surface area (Å²) in [6.45, 7) is 6.12. The average Bonchev–Trinajstić information content (AvgIpc) is 2.46. The van der Waals surface area contributed by atoms with Gasteiger partial charge >= 0.3 is 5.97 Å². The van der Waals surface area contributed by atoms with Crippen molar-refractivity contribution in [2.24, 2.45) is 5.92 Å². The van der Waals surface area contributed by atoms with E-state index in [0.29, 0.717) is 24.8 Å². The number of hydrogen-bond acceptors (Lipinski definition) is 3. The van der Waals surface area contributed by atoms with Crippen molar-refractivity contribution in [2.45, 2.75) is 19.9 Å². The molecule has 4 nitrogen and oxygen atoms in total. The van der Waals surface area contributed by atoms with Crippen LogP contribution in [0.4, 0.5) is 0 Å². The number of nitrogens with zero attached hydrogens (tertiary/aromatic N) is 1. The van der Waals surface area contributed by atoms with Crippen molar-refractivity contribution >= 4 is 5.97 Å². The zero-order valence-corrected chi connectivity index (χ0v) is 10.8. The van der Waals surface area contributed by atoms with Crippen molar-refractivity contribution in [2.75, 3.05) is 19.7 Å². The van der Waals surface area contributed by atoms with Gasteiger partial charge in [0, 0.05) is 18.7 Å². The fourth-order valence-electron chi connectivity index (χ4n) is 2.39. The predicted molar refractivity (Wildman–Crippen MR) is 68.7 cm³/mol. The zero-order chi connectivity index (χ0) is 13.1. The highest BCUT2D eigenvalue weighted by atomic mass is 16.5. The van der Waals surface area contributed by atoms with E-state index in [-0.39, 0.29) is 0 Å². The van der Waals surface area contributed by atoms with E-state index >= 15 is 0 Å². The van der Waals surface area contributed by atoms with E-state index in [1.165, 1.54) is 0 Å². The molecule has 0 aromatic heterocycles. The van der Waals surface area contributed by atoms with E-state index in [2.05, 4.69) is 13.8 Å². The third-order valence-electron chi connectivity index (χ3n) is 3.05. The molecule has 0 amide bonds. The van der Waals surface area contributed by atoms with E-state index in [4.69, 9.17) is 4.74 Å². The molecule has 1 N–H and O–H groups in total. The topological polar surface area (TPSA) is 49.8 Å². The van der Waals surface area contributed by atoms with E-state index in [1.807, 2.05) is 29.2 Å². The fourth-order valence-corrected chi connectivity index (χ4v) is 2.39. The molecule has 0 bridgehead atoms. The van der Waals surface area contributed by atoms with Crippen LogP contribution in [0.5, 0.6) is 5.75 Å². The van der Waals surface area contributed by atoms with Gasteiger partial charge in [-0.25, -0.2) is 0 Å². The van der Waals surface area contributed by atoms with Crippen LogP contribution in [0.25, 0.3) is 0 Å². The van der Waals surface area contributed by atoms with Crippen LogP contribution < -0.4 is 4.74 Å². The number of fused-ring (bicyclic) bond motifs is 1. The minimum Gasteiger partial charge on any atom is -0.492 e. The lowest BCUT2D eigenvalue weighted by Crippen LogP contribution is -2.37. The van der Waals surface area contributed by atoms with Crippen LogP contribution >= 0.6 is 0 Å². The second-order valence-corrected chi connectivity index (χ2v) is 5.02. The van der Waals surface area contributed by atoms with Crippen LogP contribution in [0.1, 0.15) is 25.5 Å².